The van der Waals surface area contributed by atoms with Gasteiger partial charge in [-0.05, 0) is 39.0 Å². The molecule has 0 spiro atoms. The minimum atomic E-state index is -0.564. The van der Waals surface area contributed by atoms with Crippen molar-refractivity contribution in [3.8, 4) is 0 Å². The van der Waals surface area contributed by atoms with E-state index in [1.165, 1.54) is 0 Å². The smallest absolute Gasteiger partial charge is 0.255 e. The first kappa shape index (κ1) is 19.0. The average Bonchev–Trinajstić information content (AvgIpc) is 3.45. The monoisotopic (exact) mass is 397 g/mol. The summed E-state index contributed by atoms with van der Waals surface area (Å²) in [6.45, 7) is 6.64. The van der Waals surface area contributed by atoms with Crippen molar-refractivity contribution in [2.75, 3.05) is 13.1 Å². The molecule has 3 aromatic rings. The molecule has 3 aromatic heterocycles. The highest BCUT2D eigenvalue weighted by Crippen LogP contribution is 2.33. The van der Waals surface area contributed by atoms with Gasteiger partial charge >= 0.3 is 0 Å². The molecule has 0 saturated carbocycles. The molecule has 0 aromatic carbocycles. The predicted octanol–water partition coefficient (Wildman–Crippen LogP) is 1.78. The number of nitrogens with two attached hydrogens (primary N) is 1. The standard InChI is InChI=1S/C20H23N5O4/c1-11-7-15(12(2)25(11)8-14-5-4-6-28-14)20(27)24-9-16(18(21)26)17(10-24)19-22-13(3)23-29-19/h4-7,16-17H,8-10H2,1-3H3,(H2,21,26)/t16-,17-/m1/s1. The molecule has 4 heterocycles. The first-order chi connectivity index (χ1) is 13.8. The van der Waals surface area contributed by atoms with E-state index in [4.69, 9.17) is 14.7 Å². The maximum Gasteiger partial charge on any atom is 0.255 e. The lowest BCUT2D eigenvalue weighted by molar-refractivity contribution is -0.121. The lowest BCUT2D eigenvalue weighted by atomic mass is 9.95. The molecule has 152 valence electrons. The normalized spacial score (nSPS) is 19.1. The highest BCUT2D eigenvalue weighted by atomic mass is 16.5. The quantitative estimate of drug-likeness (QED) is 0.701. The Kier molecular flexibility index (Phi) is 4.73. The van der Waals surface area contributed by atoms with Crippen molar-refractivity contribution in [1.29, 1.82) is 0 Å². The number of primary amides is 1. The van der Waals surface area contributed by atoms with Gasteiger partial charge in [0.05, 0.1) is 30.2 Å². The van der Waals surface area contributed by atoms with Crippen LogP contribution in [0.4, 0.5) is 0 Å². The SMILES string of the molecule is Cc1noc([C@@H]2CN(C(=O)c3cc(C)n(Cc4ccco4)c3C)C[C@H]2C(N)=O)n1. The van der Waals surface area contributed by atoms with Gasteiger partial charge < -0.3 is 24.1 Å². The average molecular weight is 397 g/mol. The highest BCUT2D eigenvalue weighted by molar-refractivity contribution is 5.96. The zero-order valence-electron chi connectivity index (χ0n) is 16.6. The van der Waals surface area contributed by atoms with Crippen LogP contribution in [0.1, 0.15) is 45.1 Å². The van der Waals surface area contributed by atoms with E-state index in [9.17, 15) is 9.59 Å². The third-order valence-electron chi connectivity index (χ3n) is 5.53. The molecule has 9 nitrogen and oxygen atoms in total. The van der Waals surface area contributed by atoms with Crippen LogP contribution in [-0.4, -0.2) is 44.5 Å². The molecule has 1 aliphatic rings. The van der Waals surface area contributed by atoms with Crippen LogP contribution >= 0.6 is 0 Å². The van der Waals surface area contributed by atoms with Gasteiger partial charge in [0.25, 0.3) is 5.91 Å². The second-order valence-corrected chi connectivity index (χ2v) is 7.46. The molecule has 4 rings (SSSR count). The summed E-state index contributed by atoms with van der Waals surface area (Å²) < 4.78 is 12.7. The van der Waals surface area contributed by atoms with E-state index in [1.807, 2.05) is 36.6 Å². The van der Waals surface area contributed by atoms with Gasteiger partial charge in [-0.2, -0.15) is 4.98 Å². The Balaban J connectivity index is 1.59. The molecule has 0 unspecified atom stereocenters. The lowest BCUT2D eigenvalue weighted by Crippen LogP contribution is -2.32. The van der Waals surface area contributed by atoms with Crippen molar-refractivity contribution in [3.63, 3.8) is 0 Å². The minimum Gasteiger partial charge on any atom is -0.467 e. The molecule has 0 bridgehead atoms. The third kappa shape index (κ3) is 3.43. The number of furan rings is 1. The maximum absolute atomic E-state index is 13.3. The number of amides is 2. The van der Waals surface area contributed by atoms with E-state index in [-0.39, 0.29) is 12.5 Å². The highest BCUT2D eigenvalue weighted by Gasteiger charge is 2.43. The number of hydrogen-bond donors (Lipinski definition) is 1. The first-order valence-corrected chi connectivity index (χ1v) is 9.43. The van der Waals surface area contributed by atoms with Gasteiger partial charge in [0, 0.05) is 24.5 Å². The van der Waals surface area contributed by atoms with Crippen molar-refractivity contribution in [3.05, 3.63) is 58.9 Å². The molecule has 1 saturated heterocycles. The van der Waals surface area contributed by atoms with Crippen LogP contribution in [0, 0.1) is 26.7 Å². The fourth-order valence-electron chi connectivity index (χ4n) is 3.96. The molecule has 1 fully saturated rings. The molecule has 0 aliphatic carbocycles. The topological polar surface area (TPSA) is 120 Å². The summed E-state index contributed by atoms with van der Waals surface area (Å²) in [5, 5.41) is 3.79. The molecular formula is C20H23N5O4. The van der Waals surface area contributed by atoms with E-state index in [0.29, 0.717) is 30.4 Å². The number of likely N-dealkylation sites (tertiary alicyclic amines) is 1. The van der Waals surface area contributed by atoms with Crippen LogP contribution in [0.3, 0.4) is 0 Å². The Labute approximate surface area is 167 Å². The zero-order valence-corrected chi connectivity index (χ0v) is 16.6. The zero-order chi connectivity index (χ0) is 20.7. The second-order valence-electron chi connectivity index (χ2n) is 7.46. The van der Waals surface area contributed by atoms with Gasteiger partial charge in [-0.1, -0.05) is 5.16 Å². The Hall–Kier alpha value is -3.36. The molecule has 2 atom stereocenters. The third-order valence-corrected chi connectivity index (χ3v) is 5.53. The van der Waals surface area contributed by atoms with Crippen LogP contribution in [-0.2, 0) is 11.3 Å². The van der Waals surface area contributed by atoms with E-state index in [0.717, 1.165) is 17.1 Å². The van der Waals surface area contributed by atoms with E-state index < -0.39 is 17.7 Å². The first-order valence-electron chi connectivity index (χ1n) is 9.43. The van der Waals surface area contributed by atoms with Gasteiger partial charge in [0.15, 0.2) is 5.82 Å². The summed E-state index contributed by atoms with van der Waals surface area (Å²) in [7, 11) is 0. The number of rotatable bonds is 5. The Morgan fingerprint density at radius 2 is 2.07 bits per heavy atom. The Morgan fingerprint density at radius 3 is 2.69 bits per heavy atom. The fraction of sp³-hybridized carbons (Fsp3) is 0.400. The van der Waals surface area contributed by atoms with E-state index in [1.54, 1.807) is 18.1 Å². The van der Waals surface area contributed by atoms with Gasteiger partial charge in [-0.15, -0.1) is 0 Å². The lowest BCUT2D eigenvalue weighted by Gasteiger charge is -2.16. The van der Waals surface area contributed by atoms with Crippen LogP contribution in [0.25, 0.3) is 0 Å². The Morgan fingerprint density at radius 1 is 1.28 bits per heavy atom. The van der Waals surface area contributed by atoms with Gasteiger partial charge in [-0.3, -0.25) is 9.59 Å². The van der Waals surface area contributed by atoms with Gasteiger partial charge in [0.1, 0.15) is 5.76 Å². The molecule has 0 radical (unpaired) electrons. The predicted molar refractivity (Wildman–Crippen MR) is 102 cm³/mol. The second kappa shape index (κ2) is 7.23. The number of aromatic nitrogens is 3. The molecule has 2 amide bonds. The van der Waals surface area contributed by atoms with Crippen molar-refractivity contribution in [2.24, 2.45) is 11.7 Å². The van der Waals surface area contributed by atoms with Crippen LogP contribution in [0.5, 0.6) is 0 Å². The summed E-state index contributed by atoms with van der Waals surface area (Å²) in [6, 6.07) is 5.60. The molecule has 9 heteroatoms. The summed E-state index contributed by atoms with van der Waals surface area (Å²) in [5.41, 5.74) is 7.98. The summed E-state index contributed by atoms with van der Waals surface area (Å²) >= 11 is 0. The fourth-order valence-corrected chi connectivity index (χ4v) is 3.96. The number of aryl methyl sites for hydroxylation is 2. The van der Waals surface area contributed by atoms with Crippen molar-refractivity contribution < 1.29 is 18.5 Å². The number of hydrogen-bond acceptors (Lipinski definition) is 6. The van der Waals surface area contributed by atoms with Crippen molar-refractivity contribution >= 4 is 11.8 Å². The molecule has 2 N–H and O–H groups in total. The maximum atomic E-state index is 13.3. The van der Waals surface area contributed by atoms with Gasteiger partial charge in [0.2, 0.25) is 11.8 Å². The number of carbonyl (C=O) groups excluding carboxylic acids is 2. The summed E-state index contributed by atoms with van der Waals surface area (Å²) in [4.78, 5) is 31.1. The van der Waals surface area contributed by atoms with E-state index in [2.05, 4.69) is 10.1 Å². The van der Waals surface area contributed by atoms with Crippen molar-refractivity contribution in [2.45, 2.75) is 33.2 Å². The van der Waals surface area contributed by atoms with Crippen LogP contribution in [0.2, 0.25) is 0 Å². The Bertz CT molecular complexity index is 1050. The van der Waals surface area contributed by atoms with Crippen LogP contribution in [0.15, 0.2) is 33.4 Å². The van der Waals surface area contributed by atoms with Crippen LogP contribution < -0.4 is 5.73 Å². The number of carbonyl (C=O) groups is 2. The van der Waals surface area contributed by atoms with Gasteiger partial charge in [-0.25, -0.2) is 0 Å². The molecule has 29 heavy (non-hydrogen) atoms. The molecular weight excluding hydrogens is 374 g/mol. The minimum absolute atomic E-state index is 0.145. The summed E-state index contributed by atoms with van der Waals surface area (Å²) in [6.07, 6.45) is 1.63. The summed E-state index contributed by atoms with van der Waals surface area (Å²) in [5.74, 6) is 0.0415. The number of nitrogens with zero attached hydrogens (tertiary/aromatic N) is 4. The molecule has 1 aliphatic heterocycles. The van der Waals surface area contributed by atoms with E-state index >= 15 is 0 Å². The largest absolute Gasteiger partial charge is 0.467 e. The van der Waals surface area contributed by atoms with Crippen molar-refractivity contribution in [1.82, 2.24) is 19.6 Å².